The molecule has 3 nitrogen and oxygen atoms in total. The van der Waals surface area contributed by atoms with Crippen molar-refractivity contribution in [1.29, 1.82) is 0 Å². The fraction of sp³-hybridized carbons (Fsp3) is 0.438. The third-order valence-electron chi connectivity index (χ3n) is 3.20. The summed E-state index contributed by atoms with van der Waals surface area (Å²) in [4.78, 5) is 6.98. The molecule has 0 aliphatic carbocycles. The van der Waals surface area contributed by atoms with Gasteiger partial charge in [-0.1, -0.05) is 0 Å². The Kier molecular flexibility index (Phi) is 4.78. The van der Waals surface area contributed by atoms with Crippen LogP contribution in [-0.4, -0.2) is 18.1 Å². The van der Waals surface area contributed by atoms with Crippen LogP contribution in [0.15, 0.2) is 24.5 Å². The number of hydrogen-bond acceptors (Lipinski definition) is 4. The van der Waals surface area contributed by atoms with E-state index in [9.17, 15) is 0 Å². The van der Waals surface area contributed by atoms with E-state index in [1.54, 1.807) is 6.20 Å². The monoisotopic (exact) mass is 290 g/mol. The van der Waals surface area contributed by atoms with E-state index in [1.165, 1.54) is 15.3 Å². The van der Waals surface area contributed by atoms with E-state index >= 15 is 0 Å². The third kappa shape index (κ3) is 3.38. The van der Waals surface area contributed by atoms with Crippen molar-refractivity contribution in [3.63, 3.8) is 0 Å². The van der Waals surface area contributed by atoms with Crippen molar-refractivity contribution in [2.45, 2.75) is 39.8 Å². The van der Waals surface area contributed by atoms with Crippen LogP contribution in [0.1, 0.15) is 40.8 Å². The molecule has 0 bridgehead atoms. The second kappa shape index (κ2) is 6.37. The first-order valence-electron chi connectivity index (χ1n) is 6.87. The highest BCUT2D eigenvalue weighted by molar-refractivity contribution is 7.12. The molecule has 0 spiro atoms. The van der Waals surface area contributed by atoms with Gasteiger partial charge in [-0.25, -0.2) is 0 Å². The predicted octanol–water partition coefficient (Wildman–Crippen LogP) is 3.86. The van der Waals surface area contributed by atoms with Gasteiger partial charge in [0.25, 0.3) is 0 Å². The minimum Gasteiger partial charge on any atom is -0.489 e. The minimum absolute atomic E-state index is 0.159. The molecule has 0 radical (unpaired) electrons. The number of aromatic nitrogens is 1. The zero-order chi connectivity index (χ0) is 14.7. The molecule has 0 aliphatic rings. The molecule has 108 valence electrons. The van der Waals surface area contributed by atoms with Crippen molar-refractivity contribution in [1.82, 2.24) is 10.3 Å². The fourth-order valence-electron chi connectivity index (χ4n) is 2.15. The molecule has 0 aromatic carbocycles. The van der Waals surface area contributed by atoms with Crippen LogP contribution < -0.4 is 10.1 Å². The van der Waals surface area contributed by atoms with Crippen LogP contribution in [0, 0.1) is 13.8 Å². The number of thiophene rings is 1. The second-order valence-electron chi connectivity index (χ2n) is 5.23. The smallest absolute Gasteiger partial charge is 0.138 e. The lowest BCUT2D eigenvalue weighted by Crippen LogP contribution is -2.17. The standard InChI is InChI=1S/C16H22N2OS/c1-10(2)19-14-7-13(8-18-9-14)16(17-5)15-6-11(3)12(4)20-15/h6-10,16-17H,1-5H3. The molecule has 20 heavy (non-hydrogen) atoms. The van der Waals surface area contributed by atoms with Crippen molar-refractivity contribution in [2.75, 3.05) is 7.05 Å². The number of nitrogens with one attached hydrogen (secondary N) is 1. The van der Waals surface area contributed by atoms with E-state index < -0.39 is 0 Å². The van der Waals surface area contributed by atoms with Crippen molar-refractivity contribution >= 4 is 11.3 Å². The van der Waals surface area contributed by atoms with Crippen LogP contribution >= 0.6 is 11.3 Å². The molecule has 0 saturated carbocycles. The topological polar surface area (TPSA) is 34.2 Å². The lowest BCUT2D eigenvalue weighted by Gasteiger charge is -2.16. The van der Waals surface area contributed by atoms with E-state index in [4.69, 9.17) is 4.74 Å². The molecule has 2 rings (SSSR count). The van der Waals surface area contributed by atoms with Gasteiger partial charge >= 0.3 is 0 Å². The van der Waals surface area contributed by atoms with Gasteiger partial charge in [-0.3, -0.25) is 4.98 Å². The third-order valence-corrected chi connectivity index (χ3v) is 4.42. The Morgan fingerprint density at radius 2 is 1.95 bits per heavy atom. The summed E-state index contributed by atoms with van der Waals surface area (Å²) in [5.74, 6) is 0.822. The molecule has 1 N–H and O–H groups in total. The van der Waals surface area contributed by atoms with E-state index in [1.807, 2.05) is 38.4 Å². The summed E-state index contributed by atoms with van der Waals surface area (Å²) < 4.78 is 5.73. The van der Waals surface area contributed by atoms with Gasteiger partial charge in [0.15, 0.2) is 0 Å². The first kappa shape index (κ1) is 15.0. The van der Waals surface area contributed by atoms with Crippen LogP contribution in [0.2, 0.25) is 0 Å². The molecule has 0 amide bonds. The average Bonchev–Trinajstić information content (AvgIpc) is 2.70. The van der Waals surface area contributed by atoms with Crippen LogP contribution in [0.5, 0.6) is 5.75 Å². The molecule has 4 heteroatoms. The zero-order valence-electron chi connectivity index (χ0n) is 12.7. The number of nitrogens with zero attached hydrogens (tertiary/aromatic N) is 1. The largest absolute Gasteiger partial charge is 0.489 e. The number of aryl methyl sites for hydroxylation is 2. The maximum absolute atomic E-state index is 5.73. The highest BCUT2D eigenvalue weighted by Crippen LogP contribution is 2.31. The summed E-state index contributed by atoms with van der Waals surface area (Å²) in [5.41, 5.74) is 2.47. The van der Waals surface area contributed by atoms with Gasteiger partial charge in [0, 0.05) is 16.0 Å². The highest BCUT2D eigenvalue weighted by atomic mass is 32.1. The van der Waals surface area contributed by atoms with Crippen LogP contribution in [0.4, 0.5) is 0 Å². The summed E-state index contributed by atoms with van der Waals surface area (Å²) in [5, 5.41) is 3.37. The van der Waals surface area contributed by atoms with Gasteiger partial charge in [0.05, 0.1) is 18.3 Å². The van der Waals surface area contributed by atoms with Gasteiger partial charge in [-0.05, 0) is 58.0 Å². The Labute approximate surface area is 125 Å². The molecule has 2 aromatic rings. The lowest BCUT2D eigenvalue weighted by atomic mass is 10.1. The number of pyridine rings is 1. The van der Waals surface area contributed by atoms with Crippen molar-refractivity contribution in [2.24, 2.45) is 0 Å². The molecule has 2 aromatic heterocycles. The summed E-state index contributed by atoms with van der Waals surface area (Å²) >= 11 is 1.83. The first-order valence-corrected chi connectivity index (χ1v) is 7.68. The Morgan fingerprint density at radius 3 is 2.50 bits per heavy atom. The molecule has 0 saturated heterocycles. The Morgan fingerprint density at radius 1 is 1.20 bits per heavy atom. The predicted molar refractivity (Wildman–Crippen MR) is 84.7 cm³/mol. The fourth-order valence-corrected chi connectivity index (χ4v) is 3.33. The van der Waals surface area contributed by atoms with Crippen molar-refractivity contribution < 1.29 is 4.74 Å². The maximum atomic E-state index is 5.73. The van der Waals surface area contributed by atoms with Gasteiger partial charge in [0.1, 0.15) is 5.75 Å². The molecule has 0 aliphatic heterocycles. The number of hydrogen-bond donors (Lipinski definition) is 1. The van der Waals surface area contributed by atoms with Crippen molar-refractivity contribution in [3.8, 4) is 5.75 Å². The van der Waals surface area contributed by atoms with Crippen LogP contribution in [-0.2, 0) is 0 Å². The lowest BCUT2D eigenvalue weighted by molar-refractivity contribution is 0.241. The highest BCUT2D eigenvalue weighted by Gasteiger charge is 2.16. The molecular weight excluding hydrogens is 268 g/mol. The molecule has 1 unspecified atom stereocenters. The van der Waals surface area contributed by atoms with Gasteiger partial charge in [0.2, 0.25) is 0 Å². The molecular formula is C16H22N2OS. The molecule has 0 fully saturated rings. The molecule has 1 atom stereocenters. The van der Waals surface area contributed by atoms with E-state index in [0.717, 1.165) is 11.3 Å². The Bertz CT molecular complexity index is 558. The quantitative estimate of drug-likeness (QED) is 0.908. The number of rotatable bonds is 5. The maximum Gasteiger partial charge on any atom is 0.138 e. The van der Waals surface area contributed by atoms with E-state index in [0.29, 0.717) is 0 Å². The Hall–Kier alpha value is -1.39. The van der Waals surface area contributed by atoms with Crippen molar-refractivity contribution in [3.05, 3.63) is 45.4 Å². The SMILES string of the molecule is CNC(c1cncc(OC(C)C)c1)c1cc(C)c(C)s1. The first-order chi connectivity index (χ1) is 9.51. The van der Waals surface area contributed by atoms with Gasteiger partial charge in [-0.2, -0.15) is 0 Å². The second-order valence-corrected chi connectivity index (χ2v) is 6.52. The van der Waals surface area contributed by atoms with Crippen LogP contribution in [0.3, 0.4) is 0 Å². The molecule has 2 heterocycles. The summed E-state index contributed by atoms with van der Waals surface area (Å²) in [6.45, 7) is 8.35. The van der Waals surface area contributed by atoms with Gasteiger partial charge < -0.3 is 10.1 Å². The van der Waals surface area contributed by atoms with Crippen LogP contribution in [0.25, 0.3) is 0 Å². The summed E-state index contributed by atoms with van der Waals surface area (Å²) in [6, 6.07) is 4.48. The van der Waals surface area contributed by atoms with E-state index in [-0.39, 0.29) is 12.1 Å². The summed E-state index contributed by atoms with van der Waals surface area (Å²) in [6.07, 6.45) is 3.83. The average molecular weight is 290 g/mol. The summed E-state index contributed by atoms with van der Waals surface area (Å²) in [7, 11) is 1.98. The number of ether oxygens (including phenoxy) is 1. The van der Waals surface area contributed by atoms with E-state index in [2.05, 4.69) is 36.3 Å². The normalized spacial score (nSPS) is 12.7. The Balaban J connectivity index is 2.31. The zero-order valence-corrected chi connectivity index (χ0v) is 13.5. The van der Waals surface area contributed by atoms with Gasteiger partial charge in [-0.15, -0.1) is 11.3 Å². The minimum atomic E-state index is 0.159.